The van der Waals surface area contributed by atoms with Crippen LogP contribution in [0.15, 0.2) is 59.2 Å². The fourth-order valence-electron chi connectivity index (χ4n) is 2.73. The van der Waals surface area contributed by atoms with Crippen LogP contribution in [0.3, 0.4) is 0 Å². The number of imide groups is 1. The summed E-state index contributed by atoms with van der Waals surface area (Å²) >= 11 is 9.34. The molecular weight excluding hydrogens is 460 g/mol. The molecular formula is C21H18BrClN2O4. The molecule has 1 aliphatic rings. The number of rotatable bonds is 7. The molecule has 29 heavy (non-hydrogen) atoms. The second kappa shape index (κ2) is 9.15. The molecule has 1 saturated heterocycles. The zero-order chi connectivity index (χ0) is 21.0. The average molecular weight is 478 g/mol. The van der Waals surface area contributed by atoms with E-state index in [4.69, 9.17) is 21.1 Å². The van der Waals surface area contributed by atoms with Crippen molar-refractivity contribution in [3.63, 3.8) is 0 Å². The van der Waals surface area contributed by atoms with Gasteiger partial charge in [-0.05, 0) is 41.5 Å². The minimum atomic E-state index is -0.481. The quantitative estimate of drug-likeness (QED) is 0.354. The van der Waals surface area contributed by atoms with Crippen LogP contribution in [0.2, 0.25) is 5.02 Å². The Morgan fingerprint density at radius 2 is 1.93 bits per heavy atom. The average Bonchev–Trinajstić information content (AvgIpc) is 2.97. The second-order valence-electron chi connectivity index (χ2n) is 6.13. The van der Waals surface area contributed by atoms with Crippen LogP contribution in [-0.2, 0) is 11.3 Å². The first-order valence-corrected chi connectivity index (χ1v) is 9.80. The Balaban J connectivity index is 1.85. The minimum absolute atomic E-state index is 0.151. The van der Waals surface area contributed by atoms with Gasteiger partial charge in [-0.3, -0.25) is 9.69 Å². The van der Waals surface area contributed by atoms with Crippen LogP contribution >= 0.6 is 27.5 Å². The Morgan fingerprint density at radius 1 is 1.21 bits per heavy atom. The van der Waals surface area contributed by atoms with Crippen LogP contribution in [0.1, 0.15) is 11.1 Å². The van der Waals surface area contributed by atoms with Crippen molar-refractivity contribution in [1.82, 2.24) is 10.2 Å². The maximum absolute atomic E-state index is 12.7. The van der Waals surface area contributed by atoms with Crippen molar-refractivity contribution in [2.75, 3.05) is 13.7 Å². The van der Waals surface area contributed by atoms with Gasteiger partial charge in [0.15, 0.2) is 11.5 Å². The highest BCUT2D eigenvalue weighted by Crippen LogP contribution is 2.35. The van der Waals surface area contributed by atoms with Crippen molar-refractivity contribution in [1.29, 1.82) is 0 Å². The van der Waals surface area contributed by atoms with Crippen molar-refractivity contribution in [3.8, 4) is 11.5 Å². The van der Waals surface area contributed by atoms with Crippen LogP contribution in [0.5, 0.6) is 11.5 Å². The summed E-state index contributed by atoms with van der Waals surface area (Å²) in [5, 5.41) is 3.20. The predicted octanol–water partition coefficient (Wildman–Crippen LogP) is 4.77. The molecule has 0 bridgehead atoms. The number of benzene rings is 2. The van der Waals surface area contributed by atoms with E-state index >= 15 is 0 Å². The van der Waals surface area contributed by atoms with E-state index in [2.05, 4.69) is 27.8 Å². The molecule has 3 rings (SSSR count). The zero-order valence-electron chi connectivity index (χ0n) is 15.6. The Hall–Kier alpha value is -2.77. The Labute approximate surface area is 181 Å². The number of hydrogen-bond acceptors (Lipinski definition) is 4. The van der Waals surface area contributed by atoms with Gasteiger partial charge in [0, 0.05) is 9.50 Å². The summed E-state index contributed by atoms with van der Waals surface area (Å²) in [5.74, 6) is 0.618. The molecule has 8 heteroatoms. The van der Waals surface area contributed by atoms with Gasteiger partial charge < -0.3 is 14.8 Å². The fourth-order valence-corrected chi connectivity index (χ4v) is 3.29. The fraction of sp³-hybridized carbons (Fsp3) is 0.143. The molecule has 0 aliphatic carbocycles. The molecule has 6 nitrogen and oxygen atoms in total. The highest BCUT2D eigenvalue weighted by Gasteiger charge is 2.33. The van der Waals surface area contributed by atoms with Crippen LogP contribution in [0.25, 0.3) is 6.08 Å². The SMILES string of the molecule is C=CCOc1cc(Br)c(/C=C2/NC(=O)N(Cc3ccc(Cl)cc3)C2=O)cc1OC. The maximum atomic E-state index is 12.7. The molecule has 1 N–H and O–H groups in total. The highest BCUT2D eigenvalue weighted by atomic mass is 79.9. The van der Waals surface area contributed by atoms with E-state index in [9.17, 15) is 9.59 Å². The van der Waals surface area contributed by atoms with E-state index in [-0.39, 0.29) is 12.2 Å². The number of ether oxygens (including phenoxy) is 2. The van der Waals surface area contributed by atoms with Crippen LogP contribution in [0, 0.1) is 0 Å². The summed E-state index contributed by atoms with van der Waals surface area (Å²) in [6.45, 7) is 4.10. The van der Waals surface area contributed by atoms with E-state index in [0.717, 1.165) is 10.5 Å². The number of amides is 3. The van der Waals surface area contributed by atoms with Gasteiger partial charge in [0.05, 0.1) is 13.7 Å². The highest BCUT2D eigenvalue weighted by molar-refractivity contribution is 9.10. The smallest absolute Gasteiger partial charge is 0.329 e. The predicted molar refractivity (Wildman–Crippen MR) is 115 cm³/mol. The molecule has 0 spiro atoms. The molecule has 0 unspecified atom stereocenters. The maximum Gasteiger partial charge on any atom is 0.329 e. The second-order valence-corrected chi connectivity index (χ2v) is 7.42. The number of hydrogen-bond donors (Lipinski definition) is 1. The molecule has 150 valence electrons. The number of carbonyl (C=O) groups excluding carboxylic acids is 2. The third kappa shape index (κ3) is 4.81. The molecule has 0 aromatic heterocycles. The normalized spacial score (nSPS) is 14.9. The van der Waals surface area contributed by atoms with E-state index in [1.807, 2.05) is 0 Å². The third-order valence-electron chi connectivity index (χ3n) is 4.16. The van der Waals surface area contributed by atoms with E-state index in [1.54, 1.807) is 48.6 Å². The van der Waals surface area contributed by atoms with Gasteiger partial charge in [-0.25, -0.2) is 4.79 Å². The van der Waals surface area contributed by atoms with Crippen molar-refractivity contribution >= 4 is 45.5 Å². The molecule has 2 aromatic carbocycles. The lowest BCUT2D eigenvalue weighted by molar-refractivity contribution is -0.123. The first-order valence-electron chi connectivity index (χ1n) is 8.63. The molecule has 0 radical (unpaired) electrons. The summed E-state index contributed by atoms with van der Waals surface area (Å²) in [7, 11) is 1.53. The monoisotopic (exact) mass is 476 g/mol. The van der Waals surface area contributed by atoms with Gasteiger partial charge in [0.2, 0.25) is 0 Å². The number of nitrogens with one attached hydrogen (secondary N) is 1. The number of nitrogens with zero attached hydrogens (tertiary/aromatic N) is 1. The molecule has 1 heterocycles. The number of halogens is 2. The topological polar surface area (TPSA) is 67.9 Å². The lowest BCUT2D eigenvalue weighted by atomic mass is 10.1. The molecule has 3 amide bonds. The summed E-state index contributed by atoms with van der Waals surface area (Å²) in [4.78, 5) is 26.2. The largest absolute Gasteiger partial charge is 0.493 e. The molecule has 0 atom stereocenters. The Bertz CT molecular complexity index is 989. The summed E-state index contributed by atoms with van der Waals surface area (Å²) < 4.78 is 11.6. The van der Waals surface area contributed by atoms with Gasteiger partial charge in [0.25, 0.3) is 5.91 Å². The minimum Gasteiger partial charge on any atom is -0.493 e. The zero-order valence-corrected chi connectivity index (χ0v) is 17.9. The summed E-state index contributed by atoms with van der Waals surface area (Å²) in [6, 6.07) is 9.95. The van der Waals surface area contributed by atoms with Crippen molar-refractivity contribution in [2.45, 2.75) is 6.54 Å². The summed E-state index contributed by atoms with van der Waals surface area (Å²) in [5.41, 5.74) is 1.63. The van der Waals surface area contributed by atoms with Crippen LogP contribution in [0.4, 0.5) is 4.79 Å². The summed E-state index contributed by atoms with van der Waals surface area (Å²) in [6.07, 6.45) is 3.22. The van der Waals surface area contributed by atoms with Crippen molar-refractivity contribution in [3.05, 3.63) is 75.4 Å². The third-order valence-corrected chi connectivity index (χ3v) is 5.09. The van der Waals surface area contributed by atoms with Crippen LogP contribution in [-0.4, -0.2) is 30.6 Å². The van der Waals surface area contributed by atoms with Crippen molar-refractivity contribution in [2.24, 2.45) is 0 Å². The van der Waals surface area contributed by atoms with E-state index in [0.29, 0.717) is 33.2 Å². The van der Waals surface area contributed by atoms with Gasteiger partial charge in [0.1, 0.15) is 12.3 Å². The van der Waals surface area contributed by atoms with E-state index in [1.165, 1.54) is 7.11 Å². The molecule has 1 fully saturated rings. The number of urea groups is 1. The van der Waals surface area contributed by atoms with Gasteiger partial charge >= 0.3 is 6.03 Å². The number of carbonyl (C=O) groups is 2. The Morgan fingerprint density at radius 3 is 2.59 bits per heavy atom. The molecule has 2 aromatic rings. The Kier molecular flexibility index (Phi) is 6.61. The molecule has 1 aliphatic heterocycles. The number of methoxy groups -OCH3 is 1. The molecule has 0 saturated carbocycles. The van der Waals surface area contributed by atoms with Crippen molar-refractivity contribution < 1.29 is 19.1 Å². The van der Waals surface area contributed by atoms with Gasteiger partial charge in [-0.15, -0.1) is 0 Å². The van der Waals surface area contributed by atoms with E-state index < -0.39 is 11.9 Å². The van der Waals surface area contributed by atoms with Gasteiger partial charge in [-0.1, -0.05) is 52.3 Å². The lowest BCUT2D eigenvalue weighted by Gasteiger charge is -2.12. The standard InChI is InChI=1S/C21H18BrClN2O4/c1-3-8-29-19-11-16(22)14(10-18(19)28-2)9-17-20(26)25(21(27)24-17)12-13-4-6-15(23)7-5-13/h3-7,9-11H,1,8,12H2,2H3,(H,24,27)/b17-9+. The first kappa shape index (κ1) is 21.0. The lowest BCUT2D eigenvalue weighted by Crippen LogP contribution is -2.30. The van der Waals surface area contributed by atoms with Gasteiger partial charge in [-0.2, -0.15) is 0 Å². The first-order chi connectivity index (χ1) is 13.9. The van der Waals surface area contributed by atoms with Crippen LogP contribution < -0.4 is 14.8 Å².